The number of nitrogens with zero attached hydrogens (tertiary/aromatic N) is 1. The van der Waals surface area contributed by atoms with Gasteiger partial charge in [0.2, 0.25) is 0 Å². The zero-order valence-corrected chi connectivity index (χ0v) is 22.1. The van der Waals surface area contributed by atoms with E-state index in [1.165, 1.54) is 37.5 Å². The highest BCUT2D eigenvalue weighted by molar-refractivity contribution is 9.10. The van der Waals surface area contributed by atoms with Crippen molar-refractivity contribution in [2.24, 2.45) is 0 Å². The van der Waals surface area contributed by atoms with Gasteiger partial charge in [-0.3, -0.25) is 4.79 Å². The van der Waals surface area contributed by atoms with Gasteiger partial charge in [0, 0.05) is 11.8 Å². The van der Waals surface area contributed by atoms with Crippen LogP contribution in [0, 0.1) is 18.3 Å². The van der Waals surface area contributed by atoms with E-state index in [4.69, 9.17) is 13.7 Å². The summed E-state index contributed by atoms with van der Waals surface area (Å²) in [6, 6.07) is 17.9. The molecule has 8 nitrogen and oxygen atoms in total. The molecule has 3 aromatic rings. The number of ether oxygens (including phenoxy) is 2. The van der Waals surface area contributed by atoms with E-state index in [0.717, 1.165) is 5.56 Å². The molecule has 0 radical (unpaired) electrons. The largest absolute Gasteiger partial charge is 0.497 e. The predicted molar refractivity (Wildman–Crippen MR) is 140 cm³/mol. The number of nitrogens with one attached hydrogen (secondary N) is 1. The molecule has 3 rings (SSSR count). The van der Waals surface area contributed by atoms with Crippen molar-refractivity contribution in [2.75, 3.05) is 19.0 Å². The third kappa shape index (κ3) is 6.65. The van der Waals surface area contributed by atoms with Crippen molar-refractivity contribution in [2.45, 2.75) is 18.7 Å². The summed E-state index contributed by atoms with van der Waals surface area (Å²) >= 11 is 3.33. The topological polar surface area (TPSA) is 115 Å². The van der Waals surface area contributed by atoms with Crippen molar-refractivity contribution in [3.8, 4) is 23.3 Å². The third-order valence-electron chi connectivity index (χ3n) is 4.84. The molecule has 1 N–H and O–H groups in total. The molecule has 0 atom stereocenters. The molecular formula is C26H23BrN2O6S. The molecule has 0 aromatic heterocycles. The standard InChI is InChI=1S/C26H23BrN2O6S/c1-4-34-24-14-18(12-19(16-28)26(30)29-20-6-5-7-21(15-20)33-3)13-23(27)25(24)35-36(31,32)22-10-8-17(2)9-11-22/h5-15H,4H2,1-3H3,(H,29,30)/b19-12+. The first-order valence-electron chi connectivity index (χ1n) is 10.7. The molecule has 0 spiro atoms. The Kier molecular flexibility index (Phi) is 8.74. The van der Waals surface area contributed by atoms with Crippen LogP contribution in [0.15, 0.2) is 75.6 Å². The van der Waals surface area contributed by atoms with E-state index < -0.39 is 16.0 Å². The lowest BCUT2D eigenvalue weighted by Crippen LogP contribution is -2.13. The Labute approximate surface area is 218 Å². The van der Waals surface area contributed by atoms with Crippen molar-refractivity contribution in [1.29, 1.82) is 5.26 Å². The smallest absolute Gasteiger partial charge is 0.339 e. The van der Waals surface area contributed by atoms with E-state index in [0.29, 0.717) is 17.0 Å². The first-order chi connectivity index (χ1) is 17.2. The Hall–Kier alpha value is -3.81. The normalized spacial score (nSPS) is 11.4. The summed E-state index contributed by atoms with van der Waals surface area (Å²) in [5.41, 5.74) is 1.61. The van der Waals surface area contributed by atoms with Crippen LogP contribution < -0.4 is 19.0 Å². The van der Waals surface area contributed by atoms with Crippen molar-refractivity contribution >= 4 is 43.7 Å². The predicted octanol–water partition coefficient (Wildman–Crippen LogP) is 5.48. The van der Waals surface area contributed by atoms with Crippen LogP contribution in [0.5, 0.6) is 17.2 Å². The second-order valence-electron chi connectivity index (χ2n) is 7.47. The SMILES string of the molecule is CCOc1cc(/C=C(\C#N)C(=O)Nc2cccc(OC)c2)cc(Br)c1OS(=O)(=O)c1ccc(C)cc1. The molecule has 0 saturated carbocycles. The first kappa shape index (κ1) is 26.8. The number of rotatable bonds is 9. The summed E-state index contributed by atoms with van der Waals surface area (Å²) in [6.45, 7) is 3.80. The monoisotopic (exact) mass is 570 g/mol. The van der Waals surface area contributed by atoms with Gasteiger partial charge in [-0.25, -0.2) is 0 Å². The number of aryl methyl sites for hydroxylation is 1. The Balaban J connectivity index is 1.93. The number of benzene rings is 3. The van der Waals surface area contributed by atoms with E-state index in [1.807, 2.05) is 13.0 Å². The van der Waals surface area contributed by atoms with E-state index in [-0.39, 0.29) is 33.0 Å². The Bertz CT molecular complexity index is 1440. The second kappa shape index (κ2) is 11.7. The number of amides is 1. The number of hydrogen-bond donors (Lipinski definition) is 1. The van der Waals surface area contributed by atoms with Crippen LogP contribution in [0.2, 0.25) is 0 Å². The van der Waals surface area contributed by atoms with Gasteiger partial charge >= 0.3 is 10.1 Å². The third-order valence-corrected chi connectivity index (χ3v) is 6.66. The number of hydrogen-bond acceptors (Lipinski definition) is 7. The van der Waals surface area contributed by atoms with Gasteiger partial charge in [0.25, 0.3) is 5.91 Å². The molecule has 186 valence electrons. The van der Waals surface area contributed by atoms with E-state index in [1.54, 1.807) is 43.3 Å². The van der Waals surface area contributed by atoms with Gasteiger partial charge in [0.05, 0.1) is 18.2 Å². The molecule has 0 fully saturated rings. The Morgan fingerprint density at radius 1 is 1.14 bits per heavy atom. The fraction of sp³-hybridized carbons (Fsp3) is 0.154. The van der Waals surface area contributed by atoms with Crippen molar-refractivity contribution in [3.05, 3.63) is 81.8 Å². The van der Waals surface area contributed by atoms with E-state index in [2.05, 4.69) is 21.2 Å². The molecule has 0 bridgehead atoms. The minimum Gasteiger partial charge on any atom is -0.497 e. The molecule has 10 heteroatoms. The summed E-state index contributed by atoms with van der Waals surface area (Å²) in [5, 5.41) is 12.2. The van der Waals surface area contributed by atoms with Crippen LogP contribution >= 0.6 is 15.9 Å². The maximum Gasteiger partial charge on any atom is 0.339 e. The first-order valence-corrected chi connectivity index (χ1v) is 12.9. The van der Waals surface area contributed by atoms with Gasteiger partial charge in [-0.2, -0.15) is 13.7 Å². The zero-order valence-electron chi connectivity index (χ0n) is 19.7. The number of nitriles is 1. The Morgan fingerprint density at radius 2 is 1.86 bits per heavy atom. The summed E-state index contributed by atoms with van der Waals surface area (Å²) in [5.74, 6) is 0.00656. The Morgan fingerprint density at radius 3 is 2.50 bits per heavy atom. The van der Waals surface area contributed by atoms with Crippen LogP contribution in [0.1, 0.15) is 18.1 Å². The fourth-order valence-electron chi connectivity index (χ4n) is 3.09. The maximum atomic E-state index is 12.8. The van der Waals surface area contributed by atoms with Crippen LogP contribution in [0.3, 0.4) is 0 Å². The van der Waals surface area contributed by atoms with E-state index in [9.17, 15) is 18.5 Å². The molecule has 0 aliphatic rings. The van der Waals surface area contributed by atoms with Gasteiger partial charge in [-0.15, -0.1) is 0 Å². The van der Waals surface area contributed by atoms with Crippen LogP contribution in [0.25, 0.3) is 6.08 Å². The van der Waals surface area contributed by atoms with Gasteiger partial charge in [0.1, 0.15) is 22.3 Å². The molecule has 0 aliphatic heterocycles. The lowest BCUT2D eigenvalue weighted by atomic mass is 10.1. The number of carbonyl (C=O) groups excluding carboxylic acids is 1. The van der Waals surface area contributed by atoms with Gasteiger partial charge < -0.3 is 19.0 Å². The van der Waals surface area contributed by atoms with Gasteiger partial charge in [0.15, 0.2) is 11.5 Å². The minimum atomic E-state index is -4.14. The highest BCUT2D eigenvalue weighted by Crippen LogP contribution is 2.39. The van der Waals surface area contributed by atoms with Crippen LogP contribution in [0.4, 0.5) is 5.69 Å². The molecule has 3 aromatic carbocycles. The number of methoxy groups -OCH3 is 1. The van der Waals surface area contributed by atoms with Crippen molar-refractivity contribution in [3.63, 3.8) is 0 Å². The average molecular weight is 571 g/mol. The maximum absolute atomic E-state index is 12.8. The molecule has 0 unspecified atom stereocenters. The number of carbonyl (C=O) groups is 1. The molecular weight excluding hydrogens is 548 g/mol. The number of anilines is 1. The number of halogens is 1. The van der Waals surface area contributed by atoms with Crippen molar-refractivity contribution in [1.82, 2.24) is 0 Å². The summed E-state index contributed by atoms with van der Waals surface area (Å²) in [7, 11) is -2.63. The summed E-state index contributed by atoms with van der Waals surface area (Å²) in [4.78, 5) is 12.7. The minimum absolute atomic E-state index is 0.00704. The highest BCUT2D eigenvalue weighted by Gasteiger charge is 2.22. The molecule has 0 saturated heterocycles. The summed E-state index contributed by atoms with van der Waals surface area (Å²) in [6.07, 6.45) is 1.36. The zero-order chi connectivity index (χ0) is 26.3. The van der Waals surface area contributed by atoms with Gasteiger partial charge in [-0.1, -0.05) is 23.8 Å². The molecule has 36 heavy (non-hydrogen) atoms. The lowest BCUT2D eigenvalue weighted by Gasteiger charge is -2.15. The molecule has 1 amide bonds. The average Bonchev–Trinajstić information content (AvgIpc) is 2.85. The van der Waals surface area contributed by atoms with Crippen LogP contribution in [-0.4, -0.2) is 28.0 Å². The molecule has 0 aliphatic carbocycles. The summed E-state index contributed by atoms with van der Waals surface area (Å²) < 4.78 is 42.1. The van der Waals surface area contributed by atoms with Crippen molar-refractivity contribution < 1.29 is 26.9 Å². The highest BCUT2D eigenvalue weighted by atomic mass is 79.9. The second-order valence-corrected chi connectivity index (χ2v) is 9.87. The van der Waals surface area contributed by atoms with Crippen LogP contribution in [-0.2, 0) is 14.9 Å². The van der Waals surface area contributed by atoms with Gasteiger partial charge in [-0.05, 0) is 77.8 Å². The quantitative estimate of drug-likeness (QED) is 0.206. The van der Waals surface area contributed by atoms with E-state index >= 15 is 0 Å². The fourth-order valence-corrected chi connectivity index (χ4v) is 4.70. The lowest BCUT2D eigenvalue weighted by molar-refractivity contribution is -0.112. The molecule has 0 heterocycles.